The summed E-state index contributed by atoms with van der Waals surface area (Å²) in [6, 6.07) is 17.8. The lowest BCUT2D eigenvalue weighted by Gasteiger charge is -2.37. The number of nitrogens with zero attached hydrogens (tertiary/aromatic N) is 2. The molecule has 1 amide bonds. The molecule has 29 heavy (non-hydrogen) atoms. The molecule has 6 nitrogen and oxygen atoms in total. The number of hydrogen-bond donors (Lipinski definition) is 0. The van der Waals surface area contributed by atoms with E-state index < -0.39 is 9.84 Å². The third kappa shape index (κ3) is 4.79. The average molecular weight is 415 g/mol. The van der Waals surface area contributed by atoms with E-state index >= 15 is 0 Å². The number of sulfone groups is 1. The Bertz CT molecular complexity index is 954. The van der Waals surface area contributed by atoms with Gasteiger partial charge in [0.15, 0.2) is 16.4 Å². The zero-order valence-corrected chi connectivity index (χ0v) is 17.2. The number of amides is 1. The Morgan fingerprint density at radius 3 is 2.34 bits per heavy atom. The summed E-state index contributed by atoms with van der Waals surface area (Å²) in [5.74, 6) is 1.19. The van der Waals surface area contributed by atoms with Crippen LogP contribution in [0.5, 0.6) is 5.75 Å². The lowest BCUT2D eigenvalue weighted by atomic mass is 10.1. The van der Waals surface area contributed by atoms with E-state index in [9.17, 15) is 13.2 Å². The summed E-state index contributed by atoms with van der Waals surface area (Å²) in [6.07, 6.45) is 0.704. The van der Waals surface area contributed by atoms with Crippen molar-refractivity contribution in [2.24, 2.45) is 0 Å². The Labute approximate surface area is 172 Å². The van der Waals surface area contributed by atoms with Crippen LogP contribution >= 0.6 is 0 Å². The van der Waals surface area contributed by atoms with Gasteiger partial charge in [0.2, 0.25) is 0 Å². The average Bonchev–Trinajstić information content (AvgIpc) is 3.12. The van der Waals surface area contributed by atoms with Crippen molar-refractivity contribution >= 4 is 15.7 Å². The van der Waals surface area contributed by atoms with Crippen LogP contribution in [-0.4, -0.2) is 74.5 Å². The Morgan fingerprint density at radius 1 is 0.966 bits per heavy atom. The molecule has 0 spiro atoms. The molecule has 4 rings (SSSR count). The van der Waals surface area contributed by atoms with Crippen molar-refractivity contribution in [3.05, 3.63) is 54.6 Å². The smallest absolute Gasteiger partial charge is 0.260 e. The Hall–Kier alpha value is -2.38. The monoisotopic (exact) mass is 414 g/mol. The number of carbonyl (C=O) groups excluding carboxylic acids is 1. The quantitative estimate of drug-likeness (QED) is 0.749. The van der Waals surface area contributed by atoms with Gasteiger partial charge in [-0.15, -0.1) is 0 Å². The maximum Gasteiger partial charge on any atom is 0.260 e. The van der Waals surface area contributed by atoms with E-state index in [1.54, 1.807) is 0 Å². The molecule has 7 heteroatoms. The van der Waals surface area contributed by atoms with Crippen molar-refractivity contribution in [3.63, 3.8) is 0 Å². The van der Waals surface area contributed by atoms with Crippen LogP contribution < -0.4 is 4.74 Å². The highest BCUT2D eigenvalue weighted by atomic mass is 32.2. The molecule has 0 unspecified atom stereocenters. The minimum atomic E-state index is -2.88. The van der Waals surface area contributed by atoms with Crippen LogP contribution in [0.2, 0.25) is 0 Å². The topological polar surface area (TPSA) is 66.9 Å². The van der Waals surface area contributed by atoms with Gasteiger partial charge >= 0.3 is 0 Å². The van der Waals surface area contributed by atoms with Crippen LogP contribution in [0.3, 0.4) is 0 Å². The minimum absolute atomic E-state index is 0.00164. The van der Waals surface area contributed by atoms with E-state index in [4.69, 9.17) is 4.74 Å². The predicted molar refractivity (Wildman–Crippen MR) is 113 cm³/mol. The fraction of sp³-hybridized carbons (Fsp3) is 0.409. The summed E-state index contributed by atoms with van der Waals surface area (Å²) in [6.45, 7) is 2.65. The Kier molecular flexibility index (Phi) is 5.87. The van der Waals surface area contributed by atoms with Crippen molar-refractivity contribution in [1.82, 2.24) is 9.80 Å². The molecule has 2 aromatic carbocycles. The van der Waals surface area contributed by atoms with Gasteiger partial charge in [-0.3, -0.25) is 9.69 Å². The molecule has 2 aliphatic rings. The zero-order valence-electron chi connectivity index (χ0n) is 16.4. The second kappa shape index (κ2) is 8.55. The standard InChI is InChI=1S/C22H26N2O4S/c25-22(24-13-11-23(12-14-24)19-10-15-29(26,27)17-19)16-28-21-9-5-4-8-20(21)18-6-2-1-3-7-18/h1-9,19H,10-17H2/t19-/m1/s1. The van der Waals surface area contributed by atoms with E-state index in [1.165, 1.54) is 0 Å². The van der Waals surface area contributed by atoms with Gasteiger partial charge in [0, 0.05) is 37.8 Å². The third-order valence-electron chi connectivity index (χ3n) is 5.71. The molecule has 154 valence electrons. The summed E-state index contributed by atoms with van der Waals surface area (Å²) in [5.41, 5.74) is 2.02. The summed E-state index contributed by atoms with van der Waals surface area (Å²) in [5, 5.41) is 0. The van der Waals surface area contributed by atoms with Crippen molar-refractivity contribution in [2.45, 2.75) is 12.5 Å². The first-order valence-corrected chi connectivity index (χ1v) is 11.8. The molecule has 0 aromatic heterocycles. The first kappa shape index (κ1) is 19.9. The molecule has 2 heterocycles. The highest BCUT2D eigenvalue weighted by Crippen LogP contribution is 2.29. The molecule has 0 N–H and O–H groups in total. The third-order valence-corrected chi connectivity index (χ3v) is 7.47. The van der Waals surface area contributed by atoms with E-state index in [0.717, 1.165) is 11.1 Å². The molecule has 0 bridgehead atoms. The second-order valence-corrected chi connectivity index (χ2v) is 9.85. The molecular weight excluding hydrogens is 388 g/mol. The van der Waals surface area contributed by atoms with Gasteiger partial charge in [-0.05, 0) is 18.1 Å². The first-order valence-electron chi connectivity index (χ1n) is 10.0. The number of carbonyl (C=O) groups is 1. The Morgan fingerprint density at radius 2 is 1.66 bits per heavy atom. The van der Waals surface area contributed by atoms with E-state index in [2.05, 4.69) is 4.90 Å². The van der Waals surface area contributed by atoms with Crippen LogP contribution in [0.15, 0.2) is 54.6 Å². The molecular formula is C22H26N2O4S. The fourth-order valence-corrected chi connectivity index (χ4v) is 5.84. The second-order valence-electron chi connectivity index (χ2n) is 7.62. The number of benzene rings is 2. The van der Waals surface area contributed by atoms with Crippen molar-refractivity contribution in [2.75, 3.05) is 44.3 Å². The van der Waals surface area contributed by atoms with Crippen LogP contribution in [0.1, 0.15) is 6.42 Å². The Balaban J connectivity index is 1.31. The van der Waals surface area contributed by atoms with Gasteiger partial charge in [0.1, 0.15) is 5.75 Å². The molecule has 2 saturated heterocycles. The summed E-state index contributed by atoms with van der Waals surface area (Å²) >= 11 is 0. The first-order chi connectivity index (χ1) is 14.0. The lowest BCUT2D eigenvalue weighted by Crippen LogP contribution is -2.53. The normalized spacial score (nSPS) is 21.8. The molecule has 1 atom stereocenters. The fourth-order valence-electron chi connectivity index (χ4n) is 4.08. The van der Waals surface area contributed by atoms with Crippen LogP contribution in [0, 0.1) is 0 Å². The summed E-state index contributed by atoms with van der Waals surface area (Å²) in [7, 11) is -2.88. The number of hydrogen-bond acceptors (Lipinski definition) is 5. The summed E-state index contributed by atoms with van der Waals surface area (Å²) in [4.78, 5) is 16.7. The number of rotatable bonds is 5. The highest BCUT2D eigenvalue weighted by Gasteiger charge is 2.34. The molecule has 0 radical (unpaired) electrons. The van der Waals surface area contributed by atoms with Gasteiger partial charge in [-0.2, -0.15) is 0 Å². The van der Waals surface area contributed by atoms with E-state index in [0.29, 0.717) is 38.3 Å². The molecule has 0 aliphatic carbocycles. The number of ether oxygens (including phenoxy) is 1. The molecule has 2 fully saturated rings. The maximum absolute atomic E-state index is 12.6. The van der Waals surface area contributed by atoms with Gasteiger partial charge in [0.25, 0.3) is 5.91 Å². The molecule has 2 aliphatic heterocycles. The maximum atomic E-state index is 12.6. The van der Waals surface area contributed by atoms with Crippen molar-refractivity contribution in [3.8, 4) is 16.9 Å². The van der Waals surface area contributed by atoms with Gasteiger partial charge in [-0.25, -0.2) is 8.42 Å². The molecule has 0 saturated carbocycles. The largest absolute Gasteiger partial charge is 0.483 e. The van der Waals surface area contributed by atoms with E-state index in [-0.39, 0.29) is 30.1 Å². The van der Waals surface area contributed by atoms with Crippen LogP contribution in [0.4, 0.5) is 0 Å². The molecule has 2 aromatic rings. The number of piperazine rings is 1. The van der Waals surface area contributed by atoms with Gasteiger partial charge in [0.05, 0.1) is 11.5 Å². The highest BCUT2D eigenvalue weighted by molar-refractivity contribution is 7.91. The minimum Gasteiger partial charge on any atom is -0.483 e. The van der Waals surface area contributed by atoms with Crippen LogP contribution in [0.25, 0.3) is 11.1 Å². The van der Waals surface area contributed by atoms with Gasteiger partial charge < -0.3 is 9.64 Å². The predicted octanol–water partition coefficient (Wildman–Crippen LogP) is 2.06. The van der Waals surface area contributed by atoms with Crippen LogP contribution in [-0.2, 0) is 14.6 Å². The van der Waals surface area contributed by atoms with Gasteiger partial charge in [-0.1, -0.05) is 48.5 Å². The SMILES string of the molecule is O=C(COc1ccccc1-c1ccccc1)N1CCN([C@@H]2CCS(=O)(=O)C2)CC1. The van der Waals surface area contributed by atoms with Crippen molar-refractivity contribution < 1.29 is 17.9 Å². The number of para-hydroxylation sites is 1. The zero-order chi connectivity index (χ0) is 20.3. The summed E-state index contributed by atoms with van der Waals surface area (Å²) < 4.78 is 29.3. The van der Waals surface area contributed by atoms with Crippen molar-refractivity contribution in [1.29, 1.82) is 0 Å². The van der Waals surface area contributed by atoms with E-state index in [1.807, 2.05) is 59.5 Å². The lowest BCUT2D eigenvalue weighted by molar-refractivity contribution is -0.135.